The first-order valence-corrected chi connectivity index (χ1v) is 26.9. The number of carbonyl (C=O) groups excluding carboxylic acids is 1. The van der Waals surface area contributed by atoms with E-state index in [9.17, 15) is 19.1 Å². The van der Waals surface area contributed by atoms with E-state index in [0.29, 0.717) is 57.2 Å². The summed E-state index contributed by atoms with van der Waals surface area (Å²) in [4.78, 5) is 19.0. The van der Waals surface area contributed by atoms with Crippen molar-refractivity contribution < 1.29 is 42.2 Å². The van der Waals surface area contributed by atoms with Crippen LogP contribution in [0, 0.1) is 45.3 Å². The molecule has 1 amide bonds. The highest BCUT2D eigenvalue weighted by atomic mass is 35.7. The SMILES string of the molecule is CB(O)N(C)c1cccc(OS(=O)Cl)c1.CC(C)(CCC#N)CNCC(O)[C@H](Cc1ccccc1)NC(=O)OC1COC2OCCC12.CC(C)CN(Cc1cccc(N(C)B2CO2)c1)CC(C)(C)CCC#N. The number of amides is 1. The second-order valence-electron chi connectivity index (χ2n) is 20.9. The third-order valence-corrected chi connectivity index (χ3v) is 13.3. The van der Waals surface area contributed by atoms with Gasteiger partial charge in [-0.05, 0) is 98.7 Å². The lowest BCUT2D eigenvalue weighted by atomic mass is 9.85. The molecule has 3 heterocycles. The van der Waals surface area contributed by atoms with Gasteiger partial charge in [0.2, 0.25) is 0 Å². The minimum atomic E-state index is -1.86. The molecular formula is C52H78B2ClN7O9S. The second kappa shape index (κ2) is 30.1. The first-order chi connectivity index (χ1) is 34.2. The molecule has 3 aliphatic heterocycles. The van der Waals surface area contributed by atoms with Crippen molar-refractivity contribution in [2.45, 2.75) is 118 Å². The quantitative estimate of drug-likeness (QED) is 0.0364. The topological polar surface area (TPSA) is 205 Å². The number of ether oxygens (including phenoxy) is 3. The molecule has 16 nitrogen and oxygen atoms in total. The first-order valence-electron chi connectivity index (χ1n) is 25.0. The molecule has 0 aromatic heterocycles. The summed E-state index contributed by atoms with van der Waals surface area (Å²) in [5.41, 5.74) is 4.42. The third-order valence-electron chi connectivity index (χ3n) is 12.8. The van der Waals surface area contributed by atoms with Crippen LogP contribution < -0.4 is 24.4 Å². The zero-order valence-corrected chi connectivity index (χ0v) is 45.4. The van der Waals surface area contributed by atoms with Gasteiger partial charge in [0.05, 0.1) is 49.9 Å². The average molecular weight is 1030 g/mol. The van der Waals surface area contributed by atoms with Crippen LogP contribution in [0.15, 0.2) is 78.9 Å². The first kappa shape index (κ1) is 60.2. The predicted molar refractivity (Wildman–Crippen MR) is 287 cm³/mol. The Morgan fingerprint density at radius 2 is 1.62 bits per heavy atom. The molecule has 3 aromatic rings. The maximum Gasteiger partial charge on any atom is 0.440 e. The summed E-state index contributed by atoms with van der Waals surface area (Å²) in [6.45, 7) is 20.7. The Bertz CT molecular complexity index is 2200. The molecule has 0 radical (unpaired) electrons. The number of nitrogens with one attached hydrogen (secondary N) is 2. The summed E-state index contributed by atoms with van der Waals surface area (Å²) in [5, 5.41) is 44.1. The molecule has 3 aromatic carbocycles. The van der Waals surface area contributed by atoms with Crippen molar-refractivity contribution in [2.75, 3.05) is 69.6 Å². The van der Waals surface area contributed by atoms with Gasteiger partial charge >= 0.3 is 30.5 Å². The van der Waals surface area contributed by atoms with Gasteiger partial charge in [-0.15, -0.1) is 0 Å². The van der Waals surface area contributed by atoms with Crippen molar-refractivity contribution in [1.29, 1.82) is 10.5 Å². The number of carbonyl (C=O) groups is 1. The number of aliphatic hydroxyl groups is 1. The Hall–Kier alpha value is -4.40. The van der Waals surface area contributed by atoms with Crippen molar-refractivity contribution in [3.8, 4) is 17.9 Å². The fourth-order valence-electron chi connectivity index (χ4n) is 8.60. The van der Waals surface area contributed by atoms with Crippen molar-refractivity contribution in [3.63, 3.8) is 0 Å². The molecule has 5 unspecified atom stereocenters. The van der Waals surface area contributed by atoms with Crippen molar-refractivity contribution in [2.24, 2.45) is 22.7 Å². The lowest BCUT2D eigenvalue weighted by Gasteiger charge is -2.33. The Morgan fingerprint density at radius 3 is 2.26 bits per heavy atom. The van der Waals surface area contributed by atoms with Crippen molar-refractivity contribution in [3.05, 3.63) is 90.0 Å². The second-order valence-corrected chi connectivity index (χ2v) is 22.2. The number of hydrogen-bond acceptors (Lipinski definition) is 15. The van der Waals surface area contributed by atoms with Crippen LogP contribution in [-0.4, -0.2) is 124 Å². The van der Waals surface area contributed by atoms with E-state index < -0.39 is 35.6 Å². The van der Waals surface area contributed by atoms with E-state index in [1.54, 1.807) is 42.9 Å². The fourth-order valence-corrected chi connectivity index (χ4v) is 9.07. The molecule has 20 heteroatoms. The van der Waals surface area contributed by atoms with E-state index in [2.05, 4.69) is 105 Å². The fraction of sp³-hybridized carbons (Fsp3) is 0.596. The molecule has 6 rings (SSSR count). The normalized spacial score (nSPS) is 18.2. The molecule has 6 atom stereocenters. The summed E-state index contributed by atoms with van der Waals surface area (Å²) >= 11 is 0. The highest BCUT2D eigenvalue weighted by Crippen LogP contribution is 2.33. The van der Waals surface area contributed by atoms with Crippen LogP contribution in [0.4, 0.5) is 16.2 Å². The molecule has 4 N–H and O–H groups in total. The van der Waals surface area contributed by atoms with Gasteiger partial charge in [-0.1, -0.05) is 90.1 Å². The third kappa shape index (κ3) is 22.0. The molecule has 3 fully saturated rings. The van der Waals surface area contributed by atoms with Gasteiger partial charge < -0.3 is 53.4 Å². The van der Waals surface area contributed by atoms with Crippen LogP contribution in [0.5, 0.6) is 5.75 Å². The molecule has 0 bridgehead atoms. The number of nitriles is 2. The summed E-state index contributed by atoms with van der Waals surface area (Å²) < 4.78 is 37.5. The van der Waals surface area contributed by atoms with Crippen LogP contribution in [0.25, 0.3) is 0 Å². The molecular weight excluding hydrogens is 956 g/mol. The Balaban J connectivity index is 0.000000250. The average Bonchev–Trinajstić information content (AvgIpc) is 3.96. The summed E-state index contributed by atoms with van der Waals surface area (Å²) in [7, 11) is 6.80. The number of fused-ring (bicyclic) bond motifs is 1. The molecule has 394 valence electrons. The van der Waals surface area contributed by atoms with Gasteiger partial charge in [-0.3, -0.25) is 4.90 Å². The maximum atomic E-state index is 12.7. The Morgan fingerprint density at radius 1 is 0.972 bits per heavy atom. The van der Waals surface area contributed by atoms with E-state index >= 15 is 0 Å². The van der Waals surface area contributed by atoms with Gasteiger partial charge in [0.15, 0.2) is 6.29 Å². The van der Waals surface area contributed by atoms with E-state index in [4.69, 9.17) is 44.3 Å². The standard InChI is InChI=1S/C24H35N3O5.C20H32BN3O.C8H11BClNO3S/c1-24(2,10-6-11-25)16-26-14-20(28)19(13-17-7-4-3-5-8-17)27-23(29)32-21-15-31-22-18(21)9-12-30-22;1-17(2)13-24(15-20(3,4)10-7-11-22)14-18-8-6-9-19(12-18)23(5)21-16-25-21;1-9(12)11(2)7-4-3-5-8(6-7)14-15(10)13/h3-5,7-8,18-22,26,28H,6,9-10,12-16H2,1-2H3,(H,27,29);6,8-9,12,17H,7,10,13-16H2,1-5H3;3-6,12H,1-2H3/t18?,19-,20?,21?,22?;;/m0../s1. The summed E-state index contributed by atoms with van der Waals surface area (Å²) in [5.74, 6) is 1.08. The van der Waals surface area contributed by atoms with Crippen LogP contribution in [0.1, 0.15) is 84.8 Å². The summed E-state index contributed by atoms with van der Waals surface area (Å²) in [6.07, 6.45) is 2.15. The Kier molecular flexibility index (Phi) is 25.1. The van der Waals surface area contributed by atoms with E-state index in [1.807, 2.05) is 30.3 Å². The number of benzene rings is 3. The highest BCUT2D eigenvalue weighted by Gasteiger charge is 2.44. The van der Waals surface area contributed by atoms with Crippen LogP contribution in [0.2, 0.25) is 6.82 Å². The van der Waals surface area contributed by atoms with E-state index in [-0.39, 0.29) is 36.2 Å². The maximum absolute atomic E-state index is 12.7. The number of rotatable bonds is 25. The molecule has 72 heavy (non-hydrogen) atoms. The van der Waals surface area contributed by atoms with Crippen molar-refractivity contribution >= 4 is 52.5 Å². The number of aliphatic hydroxyl groups excluding tert-OH is 1. The summed E-state index contributed by atoms with van der Waals surface area (Å²) in [6, 6.07) is 29.3. The molecule has 0 aliphatic carbocycles. The smallest absolute Gasteiger partial charge is 0.440 e. The zero-order valence-electron chi connectivity index (χ0n) is 43.8. The minimum Gasteiger partial charge on any atom is -0.443 e. The van der Waals surface area contributed by atoms with Crippen LogP contribution in [-0.2, 0) is 42.1 Å². The largest absolute Gasteiger partial charge is 0.443 e. The predicted octanol–water partition coefficient (Wildman–Crippen LogP) is 7.76. The molecule has 0 spiro atoms. The number of alkyl carbamates (subject to hydrolysis) is 1. The van der Waals surface area contributed by atoms with Gasteiger partial charge in [0, 0.05) is 73.7 Å². The number of anilines is 2. The number of nitrogens with zero attached hydrogens (tertiary/aromatic N) is 5. The zero-order chi connectivity index (χ0) is 52.8. The monoisotopic (exact) mass is 1030 g/mol. The van der Waals surface area contributed by atoms with Gasteiger partial charge in [-0.25, -0.2) is 4.79 Å². The molecule has 3 saturated heterocycles. The lowest BCUT2D eigenvalue weighted by Crippen LogP contribution is -2.50. The van der Waals surface area contributed by atoms with Crippen molar-refractivity contribution in [1.82, 2.24) is 15.5 Å². The van der Waals surface area contributed by atoms with E-state index in [1.165, 1.54) is 11.3 Å². The molecule has 3 aliphatic rings. The van der Waals surface area contributed by atoms with Crippen LogP contribution in [0.3, 0.4) is 0 Å². The lowest BCUT2D eigenvalue weighted by molar-refractivity contribution is -0.0907. The van der Waals surface area contributed by atoms with Gasteiger partial charge in [0.25, 0.3) is 0 Å². The Labute approximate surface area is 437 Å². The highest BCUT2D eigenvalue weighted by molar-refractivity contribution is 8.04. The molecule has 0 saturated carbocycles. The van der Waals surface area contributed by atoms with Gasteiger partial charge in [0.1, 0.15) is 11.9 Å². The number of halogens is 1. The van der Waals surface area contributed by atoms with Gasteiger partial charge in [-0.2, -0.15) is 14.7 Å². The van der Waals surface area contributed by atoms with E-state index in [0.717, 1.165) is 56.7 Å². The minimum absolute atomic E-state index is 0.0564. The number of hydrogen-bond donors (Lipinski definition) is 4. The van der Waals surface area contributed by atoms with Crippen LogP contribution >= 0.6 is 10.7 Å².